The molecule has 23 heavy (non-hydrogen) atoms. The van der Waals surface area contributed by atoms with E-state index in [4.69, 9.17) is 10.7 Å². The van der Waals surface area contributed by atoms with E-state index in [2.05, 4.69) is 22.6 Å². The monoisotopic (exact) mass is 345 g/mol. The Morgan fingerprint density at radius 3 is 2.70 bits per heavy atom. The fourth-order valence-corrected chi connectivity index (χ4v) is 5.66. The predicted molar refractivity (Wildman–Crippen MR) is 99.8 cm³/mol. The number of aromatic nitrogens is 1. The summed E-state index contributed by atoms with van der Waals surface area (Å²) >= 11 is 3.72. The van der Waals surface area contributed by atoms with Crippen molar-refractivity contribution < 1.29 is 0 Å². The van der Waals surface area contributed by atoms with Gasteiger partial charge in [-0.25, -0.2) is 9.29 Å². The van der Waals surface area contributed by atoms with Crippen molar-refractivity contribution in [3.8, 4) is 10.4 Å². The van der Waals surface area contributed by atoms with E-state index < -0.39 is 0 Å². The maximum absolute atomic E-state index is 6.02. The standard InChI is InChI=1S/C18H23N3S2/c19-14-7-8-15(16(11-14)23-21-9-4-10-21)17-12-20-18(22-17)13-5-2-1-3-6-13/h7-8,11-13H,1-6,9-10,19H2. The molecule has 122 valence electrons. The summed E-state index contributed by atoms with van der Waals surface area (Å²) in [5.74, 6) is 0.683. The Labute approximate surface area is 146 Å². The van der Waals surface area contributed by atoms with Crippen LogP contribution in [-0.2, 0) is 0 Å². The van der Waals surface area contributed by atoms with Crippen LogP contribution in [0.2, 0.25) is 0 Å². The van der Waals surface area contributed by atoms with Gasteiger partial charge in [0.25, 0.3) is 0 Å². The van der Waals surface area contributed by atoms with E-state index in [0.717, 1.165) is 5.69 Å². The highest BCUT2D eigenvalue weighted by atomic mass is 32.2. The van der Waals surface area contributed by atoms with E-state index in [1.165, 1.54) is 72.0 Å². The van der Waals surface area contributed by atoms with Gasteiger partial charge in [0, 0.05) is 41.4 Å². The molecule has 2 N–H and O–H groups in total. The smallest absolute Gasteiger partial charge is 0.0962 e. The number of hydrogen-bond donors (Lipinski definition) is 1. The second kappa shape index (κ2) is 6.83. The average Bonchev–Trinajstić information content (AvgIpc) is 3.02. The zero-order valence-electron chi connectivity index (χ0n) is 13.3. The first-order chi connectivity index (χ1) is 11.3. The van der Waals surface area contributed by atoms with Crippen LogP contribution >= 0.6 is 23.3 Å². The average molecular weight is 346 g/mol. The largest absolute Gasteiger partial charge is 0.399 e. The molecule has 0 amide bonds. The summed E-state index contributed by atoms with van der Waals surface area (Å²) in [5.41, 5.74) is 8.15. The van der Waals surface area contributed by atoms with Gasteiger partial charge in [0.1, 0.15) is 0 Å². The van der Waals surface area contributed by atoms with Crippen molar-refractivity contribution in [3.63, 3.8) is 0 Å². The molecule has 2 aliphatic rings. The molecule has 5 heteroatoms. The van der Waals surface area contributed by atoms with Gasteiger partial charge in [0.2, 0.25) is 0 Å². The Morgan fingerprint density at radius 1 is 1.13 bits per heavy atom. The summed E-state index contributed by atoms with van der Waals surface area (Å²) in [4.78, 5) is 7.31. The number of rotatable bonds is 4. The maximum atomic E-state index is 6.02. The maximum Gasteiger partial charge on any atom is 0.0962 e. The van der Waals surface area contributed by atoms with E-state index in [1.807, 2.05) is 29.4 Å². The van der Waals surface area contributed by atoms with Gasteiger partial charge in [-0.15, -0.1) is 11.3 Å². The molecule has 3 nitrogen and oxygen atoms in total. The SMILES string of the molecule is Nc1ccc(-c2cnc(C3CCCCC3)s2)c(SN2CCC2)c1. The van der Waals surface area contributed by atoms with Gasteiger partial charge in [-0.05, 0) is 43.3 Å². The number of benzene rings is 1. The van der Waals surface area contributed by atoms with Crippen LogP contribution in [0, 0.1) is 0 Å². The highest BCUT2D eigenvalue weighted by molar-refractivity contribution is 7.97. The van der Waals surface area contributed by atoms with Gasteiger partial charge in [-0.2, -0.15) is 0 Å². The van der Waals surface area contributed by atoms with Crippen molar-refractivity contribution in [1.29, 1.82) is 0 Å². The van der Waals surface area contributed by atoms with E-state index in [0.29, 0.717) is 5.92 Å². The third kappa shape index (κ3) is 3.42. The molecular formula is C18H23N3S2. The molecule has 0 unspecified atom stereocenters. The van der Waals surface area contributed by atoms with E-state index >= 15 is 0 Å². The number of thiazole rings is 1. The van der Waals surface area contributed by atoms with Gasteiger partial charge in [-0.1, -0.05) is 25.3 Å². The number of nitrogen functional groups attached to an aromatic ring is 1. The van der Waals surface area contributed by atoms with Gasteiger partial charge in [0.15, 0.2) is 0 Å². The van der Waals surface area contributed by atoms with Crippen molar-refractivity contribution in [2.24, 2.45) is 0 Å². The summed E-state index contributed by atoms with van der Waals surface area (Å²) < 4.78 is 2.40. The lowest BCUT2D eigenvalue weighted by Crippen LogP contribution is -2.30. The summed E-state index contributed by atoms with van der Waals surface area (Å²) in [6.07, 6.45) is 10.1. The summed E-state index contributed by atoms with van der Waals surface area (Å²) in [5, 5.41) is 1.33. The Morgan fingerprint density at radius 2 is 1.96 bits per heavy atom. The first kappa shape index (κ1) is 15.5. The normalized spacial score (nSPS) is 19.7. The van der Waals surface area contributed by atoms with Crippen LogP contribution < -0.4 is 5.73 Å². The fraction of sp³-hybridized carbons (Fsp3) is 0.500. The highest BCUT2D eigenvalue weighted by Crippen LogP contribution is 2.41. The molecule has 1 aliphatic heterocycles. The molecule has 2 aromatic rings. The zero-order chi connectivity index (χ0) is 15.6. The third-order valence-electron chi connectivity index (χ3n) is 4.79. The Balaban J connectivity index is 1.60. The minimum atomic E-state index is 0.683. The molecule has 2 fully saturated rings. The quantitative estimate of drug-likeness (QED) is 0.614. The molecule has 0 spiro atoms. The molecule has 4 rings (SSSR count). The number of hydrogen-bond acceptors (Lipinski definition) is 5. The summed E-state index contributed by atoms with van der Waals surface area (Å²) in [6, 6.07) is 6.28. The van der Waals surface area contributed by atoms with Crippen molar-refractivity contribution in [1.82, 2.24) is 9.29 Å². The van der Waals surface area contributed by atoms with Crippen LogP contribution in [0.4, 0.5) is 5.69 Å². The Hall–Kier alpha value is -1.04. The molecule has 1 aromatic heterocycles. The fourth-order valence-electron chi connectivity index (χ4n) is 3.29. The van der Waals surface area contributed by atoms with Gasteiger partial charge in [-0.3, -0.25) is 0 Å². The zero-order valence-corrected chi connectivity index (χ0v) is 15.0. The van der Waals surface area contributed by atoms with Gasteiger partial charge in [0.05, 0.1) is 9.88 Å². The minimum Gasteiger partial charge on any atom is -0.399 e. The Bertz CT molecular complexity index is 673. The lowest BCUT2D eigenvalue weighted by Gasteiger charge is -2.29. The van der Waals surface area contributed by atoms with Gasteiger partial charge >= 0.3 is 0 Å². The Kier molecular flexibility index (Phi) is 4.60. The summed E-state index contributed by atoms with van der Waals surface area (Å²) in [7, 11) is 0. The molecule has 0 atom stereocenters. The lowest BCUT2D eigenvalue weighted by molar-refractivity contribution is 0.344. The molecule has 1 aromatic carbocycles. The number of anilines is 1. The van der Waals surface area contributed by atoms with E-state index in [9.17, 15) is 0 Å². The molecule has 0 bridgehead atoms. The lowest BCUT2D eigenvalue weighted by atomic mass is 9.90. The predicted octanol–water partition coefficient (Wildman–Crippen LogP) is 5.15. The summed E-state index contributed by atoms with van der Waals surface area (Å²) in [6.45, 7) is 2.35. The van der Waals surface area contributed by atoms with Crippen LogP contribution in [0.25, 0.3) is 10.4 Å². The third-order valence-corrected chi connectivity index (χ3v) is 7.14. The van der Waals surface area contributed by atoms with E-state index in [1.54, 1.807) is 0 Å². The van der Waals surface area contributed by atoms with Crippen LogP contribution in [0.5, 0.6) is 0 Å². The second-order valence-corrected chi connectivity index (χ2v) is 8.73. The topological polar surface area (TPSA) is 42.1 Å². The molecular weight excluding hydrogens is 322 g/mol. The number of nitrogens with two attached hydrogens (primary N) is 1. The van der Waals surface area contributed by atoms with Crippen molar-refractivity contribution in [3.05, 3.63) is 29.4 Å². The first-order valence-electron chi connectivity index (χ1n) is 8.58. The molecule has 1 saturated carbocycles. The number of nitrogens with zero attached hydrogens (tertiary/aromatic N) is 2. The highest BCUT2D eigenvalue weighted by Gasteiger charge is 2.21. The first-order valence-corrected chi connectivity index (χ1v) is 10.2. The van der Waals surface area contributed by atoms with Crippen LogP contribution in [0.15, 0.2) is 29.3 Å². The van der Waals surface area contributed by atoms with E-state index in [-0.39, 0.29) is 0 Å². The van der Waals surface area contributed by atoms with Crippen LogP contribution in [0.3, 0.4) is 0 Å². The molecule has 1 saturated heterocycles. The van der Waals surface area contributed by atoms with Gasteiger partial charge < -0.3 is 5.73 Å². The second-order valence-electron chi connectivity index (χ2n) is 6.53. The van der Waals surface area contributed by atoms with Crippen LogP contribution in [-0.4, -0.2) is 22.4 Å². The molecule has 2 heterocycles. The van der Waals surface area contributed by atoms with Crippen molar-refractivity contribution >= 4 is 29.0 Å². The van der Waals surface area contributed by atoms with Crippen molar-refractivity contribution in [2.45, 2.75) is 49.3 Å². The van der Waals surface area contributed by atoms with Crippen LogP contribution in [0.1, 0.15) is 49.5 Å². The molecule has 1 aliphatic carbocycles. The minimum absolute atomic E-state index is 0.683. The van der Waals surface area contributed by atoms with Crippen molar-refractivity contribution in [2.75, 3.05) is 18.8 Å². The molecule has 0 radical (unpaired) electrons.